The fourth-order valence-corrected chi connectivity index (χ4v) is 2.65. The first kappa shape index (κ1) is 18.5. The molecule has 2 N–H and O–H groups in total. The van der Waals surface area contributed by atoms with Gasteiger partial charge in [-0.15, -0.1) is 0 Å². The van der Waals surface area contributed by atoms with Gasteiger partial charge in [-0.2, -0.15) is 4.98 Å². The lowest BCUT2D eigenvalue weighted by Crippen LogP contribution is -2.30. The summed E-state index contributed by atoms with van der Waals surface area (Å²) >= 11 is 0. The van der Waals surface area contributed by atoms with Gasteiger partial charge in [0, 0.05) is 42.9 Å². The molecule has 0 fully saturated rings. The highest BCUT2D eigenvalue weighted by atomic mass is 16.5. The second-order valence-electron chi connectivity index (χ2n) is 5.90. The molecule has 8 heteroatoms. The van der Waals surface area contributed by atoms with E-state index < -0.39 is 0 Å². The minimum absolute atomic E-state index is 0.116. The van der Waals surface area contributed by atoms with Gasteiger partial charge in [-0.05, 0) is 30.7 Å². The summed E-state index contributed by atoms with van der Waals surface area (Å²) in [6, 6.07) is 9.01. The summed E-state index contributed by atoms with van der Waals surface area (Å²) in [7, 11) is 1.56. The number of anilines is 1. The van der Waals surface area contributed by atoms with Crippen LogP contribution in [0.5, 0.6) is 0 Å². The Morgan fingerprint density at radius 3 is 2.70 bits per heavy atom. The van der Waals surface area contributed by atoms with Gasteiger partial charge in [-0.3, -0.25) is 9.78 Å². The van der Waals surface area contributed by atoms with Gasteiger partial charge in [0.2, 0.25) is 5.89 Å². The number of carbonyl (C=O) groups excluding carboxylic acids is 1. The van der Waals surface area contributed by atoms with Gasteiger partial charge < -0.3 is 19.9 Å². The summed E-state index contributed by atoms with van der Waals surface area (Å²) in [6.45, 7) is 2.92. The Labute approximate surface area is 157 Å². The van der Waals surface area contributed by atoms with Crippen LogP contribution in [0.3, 0.4) is 0 Å². The van der Waals surface area contributed by atoms with Crippen LogP contribution in [0, 0.1) is 0 Å². The molecule has 0 saturated heterocycles. The number of methoxy groups -OCH3 is 1. The first-order valence-electron chi connectivity index (χ1n) is 8.52. The lowest BCUT2D eigenvalue weighted by atomic mass is 10.0. The molecule has 3 rings (SSSR count). The van der Waals surface area contributed by atoms with E-state index in [9.17, 15) is 4.79 Å². The number of pyridine rings is 1. The van der Waals surface area contributed by atoms with Crippen molar-refractivity contribution in [2.45, 2.75) is 20.1 Å². The Kier molecular flexibility index (Phi) is 5.77. The highest BCUT2D eigenvalue weighted by Crippen LogP contribution is 2.25. The molecule has 0 unspecified atom stereocenters. The Balaban J connectivity index is 1.74. The molecule has 0 aliphatic heterocycles. The summed E-state index contributed by atoms with van der Waals surface area (Å²) < 4.78 is 10.1. The number of amides is 1. The van der Waals surface area contributed by atoms with Crippen LogP contribution in [-0.2, 0) is 17.9 Å². The van der Waals surface area contributed by atoms with Crippen LogP contribution in [0.25, 0.3) is 11.1 Å². The van der Waals surface area contributed by atoms with E-state index in [1.807, 2.05) is 19.1 Å². The van der Waals surface area contributed by atoms with Gasteiger partial charge in [-0.1, -0.05) is 17.3 Å². The Morgan fingerprint density at radius 1 is 1.26 bits per heavy atom. The minimum Gasteiger partial charge on any atom is -0.398 e. The van der Waals surface area contributed by atoms with Gasteiger partial charge in [0.15, 0.2) is 5.82 Å². The van der Waals surface area contributed by atoms with E-state index >= 15 is 0 Å². The number of carbonyl (C=O) groups is 1. The molecular formula is C19H21N5O3. The van der Waals surface area contributed by atoms with Crippen LogP contribution in [0.2, 0.25) is 0 Å². The standard InChI is InChI=1S/C19H21N5O3/c1-3-24(11-18-22-17(12-26-2)23-27-18)19(25)14-6-4-13(5-7-14)15-10-21-9-8-16(15)20/h4-10H,3,11-12H2,1-2H3,(H2,20,21). The van der Waals surface area contributed by atoms with E-state index in [4.69, 9.17) is 15.0 Å². The smallest absolute Gasteiger partial charge is 0.254 e. The Bertz CT molecular complexity index is 908. The Morgan fingerprint density at radius 2 is 2.04 bits per heavy atom. The first-order chi connectivity index (χ1) is 13.1. The number of hydrogen-bond donors (Lipinski definition) is 1. The molecule has 0 bridgehead atoms. The highest BCUT2D eigenvalue weighted by Gasteiger charge is 2.18. The van der Waals surface area contributed by atoms with Gasteiger partial charge in [0.1, 0.15) is 13.2 Å². The number of nitrogen functional groups attached to an aromatic ring is 1. The summed E-state index contributed by atoms with van der Waals surface area (Å²) in [5.41, 5.74) is 8.93. The van der Waals surface area contributed by atoms with Crippen molar-refractivity contribution in [2.75, 3.05) is 19.4 Å². The molecule has 0 saturated carbocycles. The van der Waals surface area contributed by atoms with Gasteiger partial charge in [0.05, 0.1) is 0 Å². The molecule has 27 heavy (non-hydrogen) atoms. The van der Waals surface area contributed by atoms with Crippen molar-refractivity contribution >= 4 is 11.6 Å². The molecule has 2 aromatic heterocycles. The van der Waals surface area contributed by atoms with Gasteiger partial charge in [-0.25, -0.2) is 0 Å². The molecule has 0 radical (unpaired) electrons. The molecule has 8 nitrogen and oxygen atoms in total. The number of hydrogen-bond acceptors (Lipinski definition) is 7. The average Bonchev–Trinajstić information content (AvgIpc) is 3.13. The molecule has 1 amide bonds. The largest absolute Gasteiger partial charge is 0.398 e. The highest BCUT2D eigenvalue weighted by molar-refractivity contribution is 5.94. The fraction of sp³-hybridized carbons (Fsp3) is 0.263. The molecule has 1 aromatic carbocycles. The van der Waals surface area contributed by atoms with Crippen molar-refractivity contribution in [3.63, 3.8) is 0 Å². The van der Waals surface area contributed by atoms with Gasteiger partial charge in [0.25, 0.3) is 5.91 Å². The summed E-state index contributed by atoms with van der Waals surface area (Å²) in [6.07, 6.45) is 3.35. The van der Waals surface area contributed by atoms with Gasteiger partial charge >= 0.3 is 0 Å². The van der Waals surface area contributed by atoms with Crippen molar-refractivity contribution in [3.8, 4) is 11.1 Å². The maximum absolute atomic E-state index is 12.8. The third-order valence-corrected chi connectivity index (χ3v) is 4.08. The quantitative estimate of drug-likeness (QED) is 0.683. The average molecular weight is 367 g/mol. The number of aromatic nitrogens is 3. The fourth-order valence-electron chi connectivity index (χ4n) is 2.65. The van der Waals surface area contributed by atoms with Crippen molar-refractivity contribution in [1.82, 2.24) is 20.0 Å². The summed E-state index contributed by atoms with van der Waals surface area (Å²) in [5, 5.41) is 3.81. The molecule has 0 spiro atoms. The maximum Gasteiger partial charge on any atom is 0.254 e. The second kappa shape index (κ2) is 8.41. The number of benzene rings is 1. The van der Waals surface area contributed by atoms with Crippen molar-refractivity contribution in [2.24, 2.45) is 0 Å². The molecule has 0 aliphatic carbocycles. The van der Waals surface area contributed by atoms with Crippen LogP contribution >= 0.6 is 0 Å². The molecule has 0 atom stereocenters. The van der Waals surface area contributed by atoms with E-state index in [0.29, 0.717) is 29.5 Å². The molecule has 3 aromatic rings. The third-order valence-electron chi connectivity index (χ3n) is 4.08. The minimum atomic E-state index is -0.116. The lowest BCUT2D eigenvalue weighted by Gasteiger charge is -2.19. The predicted octanol–water partition coefficient (Wildman–Crippen LogP) is 2.52. The monoisotopic (exact) mass is 367 g/mol. The van der Waals surface area contributed by atoms with Crippen LogP contribution in [-0.4, -0.2) is 39.6 Å². The Hall–Kier alpha value is -3.26. The van der Waals surface area contributed by atoms with E-state index in [-0.39, 0.29) is 19.1 Å². The zero-order valence-electron chi connectivity index (χ0n) is 15.3. The molecule has 140 valence electrons. The van der Waals surface area contributed by atoms with Crippen molar-refractivity contribution < 1.29 is 14.1 Å². The van der Waals surface area contributed by atoms with Crippen molar-refractivity contribution in [1.29, 1.82) is 0 Å². The van der Waals surface area contributed by atoms with E-state index in [1.54, 1.807) is 42.6 Å². The molecule has 2 heterocycles. The van der Waals surface area contributed by atoms with E-state index in [1.165, 1.54) is 0 Å². The van der Waals surface area contributed by atoms with Crippen LogP contribution in [0.1, 0.15) is 29.0 Å². The van der Waals surface area contributed by atoms with Crippen molar-refractivity contribution in [3.05, 3.63) is 60.0 Å². The normalized spacial score (nSPS) is 10.7. The summed E-state index contributed by atoms with van der Waals surface area (Å²) in [5.74, 6) is 0.709. The SMILES string of the molecule is CCN(Cc1nc(COC)no1)C(=O)c1ccc(-c2cnccc2N)cc1. The number of nitrogens with two attached hydrogens (primary N) is 1. The molecule has 0 aliphatic rings. The lowest BCUT2D eigenvalue weighted by molar-refractivity contribution is 0.0734. The van der Waals surface area contributed by atoms with Crippen LogP contribution < -0.4 is 5.73 Å². The number of ether oxygens (including phenoxy) is 1. The zero-order valence-corrected chi connectivity index (χ0v) is 15.3. The molecular weight excluding hydrogens is 346 g/mol. The topological polar surface area (TPSA) is 107 Å². The third kappa shape index (κ3) is 4.29. The maximum atomic E-state index is 12.8. The van der Waals surface area contributed by atoms with E-state index in [0.717, 1.165) is 11.1 Å². The first-order valence-corrected chi connectivity index (χ1v) is 8.52. The van der Waals surface area contributed by atoms with Crippen LogP contribution in [0.4, 0.5) is 5.69 Å². The van der Waals surface area contributed by atoms with Crippen LogP contribution in [0.15, 0.2) is 47.2 Å². The number of rotatable bonds is 7. The zero-order chi connectivity index (χ0) is 19.2. The van der Waals surface area contributed by atoms with E-state index in [2.05, 4.69) is 15.1 Å². The predicted molar refractivity (Wildman–Crippen MR) is 99.5 cm³/mol. The summed E-state index contributed by atoms with van der Waals surface area (Å²) in [4.78, 5) is 22.7. The number of nitrogens with zero attached hydrogens (tertiary/aromatic N) is 4. The second-order valence-corrected chi connectivity index (χ2v) is 5.90.